The fourth-order valence-electron chi connectivity index (χ4n) is 4.38. The maximum Gasteiger partial charge on any atom is 0.226 e. The summed E-state index contributed by atoms with van der Waals surface area (Å²) in [4.78, 5) is 25.1. The Kier molecular flexibility index (Phi) is 4.12. The highest BCUT2D eigenvalue weighted by atomic mass is 16.2. The van der Waals surface area contributed by atoms with Gasteiger partial charge in [-0.15, -0.1) is 0 Å². The Balaban J connectivity index is 2.10. The van der Waals surface area contributed by atoms with Gasteiger partial charge in [0.15, 0.2) is 0 Å². The molecule has 0 bridgehead atoms. The highest BCUT2D eigenvalue weighted by Gasteiger charge is 2.66. The minimum absolute atomic E-state index is 0.0357. The fraction of sp³-hybridized carbons (Fsp3) is 0.889. The smallest absolute Gasteiger partial charge is 0.226 e. The van der Waals surface area contributed by atoms with Gasteiger partial charge in [0.1, 0.15) is 0 Å². The number of hydrogen-bond acceptors (Lipinski definition) is 3. The van der Waals surface area contributed by atoms with Gasteiger partial charge in [0.05, 0.1) is 5.41 Å². The second kappa shape index (κ2) is 5.20. The number of hydrogen-bond donors (Lipinski definition) is 3. The van der Waals surface area contributed by atoms with Crippen LogP contribution in [0.1, 0.15) is 60.8 Å². The average Bonchev–Trinajstić information content (AvgIpc) is 3.33. The van der Waals surface area contributed by atoms with Crippen molar-refractivity contribution in [2.24, 2.45) is 28.4 Å². The molecule has 5 atom stereocenters. The van der Waals surface area contributed by atoms with E-state index in [1.807, 2.05) is 34.6 Å². The molecule has 5 unspecified atom stereocenters. The lowest BCUT2D eigenvalue weighted by molar-refractivity contribution is -0.134. The summed E-state index contributed by atoms with van der Waals surface area (Å²) in [7, 11) is 1.66. The maximum atomic E-state index is 13.0. The van der Waals surface area contributed by atoms with E-state index in [9.17, 15) is 9.59 Å². The topological polar surface area (TPSA) is 84.2 Å². The van der Waals surface area contributed by atoms with E-state index < -0.39 is 10.8 Å². The van der Waals surface area contributed by atoms with Gasteiger partial charge in [-0.1, -0.05) is 20.8 Å². The molecule has 2 fully saturated rings. The summed E-state index contributed by atoms with van der Waals surface area (Å²) in [6.07, 6.45) is 2.41. The lowest BCUT2D eigenvalue weighted by atomic mass is 9.77. The Labute approximate surface area is 140 Å². The predicted octanol–water partition coefficient (Wildman–Crippen LogP) is 1.81. The Morgan fingerprint density at radius 1 is 1.17 bits per heavy atom. The fourth-order valence-corrected chi connectivity index (χ4v) is 4.38. The van der Waals surface area contributed by atoms with Crippen LogP contribution in [-0.4, -0.2) is 29.9 Å². The summed E-state index contributed by atoms with van der Waals surface area (Å²) in [6, 6.07) is 0. The molecule has 2 amide bonds. The van der Waals surface area contributed by atoms with Crippen LogP contribution in [0.5, 0.6) is 0 Å². The quantitative estimate of drug-likeness (QED) is 0.697. The van der Waals surface area contributed by atoms with E-state index in [0.29, 0.717) is 5.92 Å². The Morgan fingerprint density at radius 3 is 2.13 bits per heavy atom. The summed E-state index contributed by atoms with van der Waals surface area (Å²) in [5, 5.41) is 5.98. The number of amides is 2. The first-order valence-corrected chi connectivity index (χ1v) is 8.69. The molecule has 4 N–H and O–H groups in total. The molecule has 0 spiro atoms. The molecule has 0 aromatic carbocycles. The minimum Gasteiger partial charge on any atom is -0.359 e. The van der Waals surface area contributed by atoms with Gasteiger partial charge >= 0.3 is 0 Å². The molecule has 2 aliphatic carbocycles. The second-order valence-electron chi connectivity index (χ2n) is 8.97. The summed E-state index contributed by atoms with van der Waals surface area (Å²) in [5.41, 5.74) is 4.75. The molecule has 0 heterocycles. The lowest BCUT2D eigenvalue weighted by Gasteiger charge is -2.32. The summed E-state index contributed by atoms with van der Waals surface area (Å²) < 4.78 is 0. The molecule has 23 heavy (non-hydrogen) atoms. The molecule has 0 radical (unpaired) electrons. The van der Waals surface area contributed by atoms with E-state index in [2.05, 4.69) is 17.6 Å². The molecule has 132 valence electrons. The van der Waals surface area contributed by atoms with E-state index in [1.54, 1.807) is 7.05 Å². The maximum absolute atomic E-state index is 13.0. The average molecular weight is 323 g/mol. The van der Waals surface area contributed by atoms with Crippen molar-refractivity contribution in [3.63, 3.8) is 0 Å². The number of rotatable bonds is 6. The van der Waals surface area contributed by atoms with Crippen molar-refractivity contribution in [2.75, 3.05) is 7.05 Å². The van der Waals surface area contributed by atoms with E-state index in [4.69, 9.17) is 5.73 Å². The first-order valence-electron chi connectivity index (χ1n) is 8.69. The van der Waals surface area contributed by atoms with Crippen molar-refractivity contribution in [1.82, 2.24) is 10.6 Å². The van der Waals surface area contributed by atoms with Gasteiger partial charge in [0, 0.05) is 29.5 Å². The third kappa shape index (κ3) is 2.88. The predicted molar refractivity (Wildman–Crippen MR) is 91.6 cm³/mol. The molecular formula is C18H33N3O2. The Morgan fingerprint density at radius 2 is 1.74 bits per heavy atom. The van der Waals surface area contributed by atoms with Crippen molar-refractivity contribution in [3.8, 4) is 0 Å². The largest absolute Gasteiger partial charge is 0.359 e. The van der Waals surface area contributed by atoms with Gasteiger partial charge < -0.3 is 16.4 Å². The normalized spacial score (nSPS) is 38.4. The van der Waals surface area contributed by atoms with Gasteiger partial charge in [-0.3, -0.25) is 9.59 Å². The van der Waals surface area contributed by atoms with Crippen molar-refractivity contribution >= 4 is 11.8 Å². The van der Waals surface area contributed by atoms with E-state index in [1.165, 1.54) is 0 Å². The van der Waals surface area contributed by atoms with Crippen LogP contribution >= 0.6 is 0 Å². The van der Waals surface area contributed by atoms with Gasteiger partial charge in [0.25, 0.3) is 0 Å². The molecule has 2 rings (SSSR count). The van der Waals surface area contributed by atoms with Crippen molar-refractivity contribution in [3.05, 3.63) is 0 Å². The Bertz CT molecular complexity index is 527. The van der Waals surface area contributed by atoms with E-state index >= 15 is 0 Å². The first-order chi connectivity index (χ1) is 10.3. The van der Waals surface area contributed by atoms with Crippen molar-refractivity contribution in [2.45, 2.75) is 71.9 Å². The van der Waals surface area contributed by atoms with Gasteiger partial charge in [-0.25, -0.2) is 0 Å². The first kappa shape index (κ1) is 18.2. The summed E-state index contributed by atoms with van der Waals surface area (Å²) in [6.45, 7) is 12.1. The molecular weight excluding hydrogens is 290 g/mol. The highest BCUT2D eigenvalue weighted by Crippen LogP contribution is 2.62. The third-order valence-electron chi connectivity index (χ3n) is 6.54. The minimum atomic E-state index is -0.518. The SMILES string of the molecule is CCC(C)(C(=O)NC1(C)CC1C(C)(C)N)C1CC1(C)C(=O)NC. The highest BCUT2D eigenvalue weighted by molar-refractivity contribution is 5.90. The molecule has 0 saturated heterocycles. The van der Waals surface area contributed by atoms with Crippen LogP contribution in [0.2, 0.25) is 0 Å². The molecule has 5 heteroatoms. The van der Waals surface area contributed by atoms with Crippen LogP contribution < -0.4 is 16.4 Å². The van der Waals surface area contributed by atoms with E-state index in [0.717, 1.165) is 19.3 Å². The zero-order valence-electron chi connectivity index (χ0n) is 15.7. The van der Waals surface area contributed by atoms with Crippen molar-refractivity contribution < 1.29 is 9.59 Å². The van der Waals surface area contributed by atoms with Crippen LogP contribution in [0, 0.1) is 22.7 Å². The Hall–Kier alpha value is -1.10. The second-order valence-corrected chi connectivity index (χ2v) is 8.97. The molecule has 0 aliphatic heterocycles. The number of carbonyl (C=O) groups excluding carboxylic acids is 2. The number of nitrogens with one attached hydrogen (secondary N) is 2. The van der Waals surface area contributed by atoms with E-state index in [-0.39, 0.29) is 28.8 Å². The van der Waals surface area contributed by atoms with Crippen LogP contribution in [-0.2, 0) is 9.59 Å². The molecule has 0 aromatic heterocycles. The van der Waals surface area contributed by atoms with Crippen molar-refractivity contribution in [1.29, 1.82) is 0 Å². The zero-order valence-corrected chi connectivity index (χ0v) is 15.7. The van der Waals surface area contributed by atoms with Crippen LogP contribution in [0.3, 0.4) is 0 Å². The lowest BCUT2D eigenvalue weighted by Crippen LogP contribution is -2.50. The standard InChI is InChI=1S/C18H33N3O2/c1-8-16(4,12-9-17(12,5)13(22)20-7)14(23)21-18(6)10-11(18)15(2,3)19/h11-12H,8-10,19H2,1-7H3,(H,20,22)(H,21,23). The van der Waals surface area contributed by atoms with Crippen LogP contribution in [0.15, 0.2) is 0 Å². The number of nitrogens with two attached hydrogens (primary N) is 1. The zero-order chi connectivity index (χ0) is 17.8. The third-order valence-corrected chi connectivity index (χ3v) is 6.54. The van der Waals surface area contributed by atoms with Gasteiger partial charge in [-0.2, -0.15) is 0 Å². The van der Waals surface area contributed by atoms with Gasteiger partial charge in [-0.05, 0) is 46.0 Å². The molecule has 2 saturated carbocycles. The molecule has 0 aromatic rings. The van der Waals surface area contributed by atoms with Crippen LogP contribution in [0.4, 0.5) is 0 Å². The van der Waals surface area contributed by atoms with Gasteiger partial charge in [0.2, 0.25) is 11.8 Å². The molecule has 2 aliphatic rings. The van der Waals surface area contributed by atoms with Crippen LogP contribution in [0.25, 0.3) is 0 Å². The summed E-state index contributed by atoms with van der Waals surface area (Å²) >= 11 is 0. The summed E-state index contributed by atoms with van der Waals surface area (Å²) in [5.74, 6) is 0.483. The number of carbonyl (C=O) groups is 2. The molecule has 5 nitrogen and oxygen atoms in total. The monoisotopic (exact) mass is 323 g/mol.